The predicted molar refractivity (Wildman–Crippen MR) is 165 cm³/mol. The van der Waals surface area contributed by atoms with E-state index in [0.717, 1.165) is 0 Å². The molecule has 45 heavy (non-hydrogen) atoms. The molecular weight excluding hydrogens is 578 g/mol. The van der Waals surface area contributed by atoms with E-state index in [2.05, 4.69) is 0 Å². The number of aryl methyl sites for hydroxylation is 1. The van der Waals surface area contributed by atoms with Crippen LogP contribution >= 0.6 is 0 Å². The number of nitrogens with zero attached hydrogens (tertiary/aromatic N) is 1. The largest absolute Gasteiger partial charge is 0.507 e. The molecule has 0 radical (unpaired) electrons. The third kappa shape index (κ3) is 4.57. The van der Waals surface area contributed by atoms with Crippen LogP contribution in [0.25, 0.3) is 11.0 Å². The first-order chi connectivity index (χ1) is 21.1. The number of phenols is 1. The van der Waals surface area contributed by atoms with Gasteiger partial charge in [-0.25, -0.2) is 0 Å². The van der Waals surface area contributed by atoms with E-state index in [0.29, 0.717) is 17.5 Å². The van der Waals surface area contributed by atoms with Crippen LogP contribution in [-0.4, -0.2) is 65.5 Å². The number of carbonyl (C=O) groups is 3. The number of esters is 1. The number of hydrogen-bond donors (Lipinski definition) is 1. The summed E-state index contributed by atoms with van der Waals surface area (Å²) < 4.78 is 24.0. The summed E-state index contributed by atoms with van der Waals surface area (Å²) in [6, 6.07) is 6.03. The van der Waals surface area contributed by atoms with Gasteiger partial charge >= 0.3 is 5.97 Å². The normalized spacial score (nSPS) is 29.3. The number of aromatic hydroxyl groups is 1. The van der Waals surface area contributed by atoms with E-state index in [4.69, 9.17) is 18.6 Å². The lowest BCUT2D eigenvalue weighted by Crippen LogP contribution is -2.61. The highest BCUT2D eigenvalue weighted by Gasteiger charge is 2.55. The summed E-state index contributed by atoms with van der Waals surface area (Å²) in [7, 11) is 3.75. The van der Waals surface area contributed by atoms with Crippen molar-refractivity contribution in [2.24, 2.45) is 0 Å². The smallest absolute Gasteiger partial charge is 0.303 e. The van der Waals surface area contributed by atoms with Crippen molar-refractivity contribution in [1.82, 2.24) is 4.90 Å². The fraction of sp³-hybridized carbons (Fsp3) is 0.429. The summed E-state index contributed by atoms with van der Waals surface area (Å²) in [6.07, 6.45) is 1.88. The number of likely N-dealkylation sites (N-methyl/N-ethyl adjacent to an activating group) is 1. The topological polar surface area (TPSA) is 136 Å². The summed E-state index contributed by atoms with van der Waals surface area (Å²) in [5, 5.41) is 11.9. The first-order valence-corrected chi connectivity index (χ1v) is 15.0. The zero-order chi connectivity index (χ0) is 32.7. The molecule has 1 aliphatic carbocycles. The highest BCUT2D eigenvalue weighted by molar-refractivity contribution is 6.32. The predicted octanol–water partition coefficient (Wildman–Crippen LogP) is 4.87. The molecule has 236 valence electrons. The van der Waals surface area contributed by atoms with Gasteiger partial charge < -0.3 is 28.6 Å². The Morgan fingerprint density at radius 2 is 1.80 bits per heavy atom. The van der Waals surface area contributed by atoms with Crippen LogP contribution in [0.3, 0.4) is 0 Å². The van der Waals surface area contributed by atoms with E-state index in [1.807, 2.05) is 45.0 Å². The van der Waals surface area contributed by atoms with Crippen molar-refractivity contribution in [3.8, 4) is 5.75 Å². The van der Waals surface area contributed by atoms with E-state index in [1.165, 1.54) is 25.1 Å². The number of rotatable bonds is 5. The lowest BCUT2D eigenvalue weighted by Gasteiger charge is -2.50. The van der Waals surface area contributed by atoms with Crippen molar-refractivity contribution in [3.63, 3.8) is 0 Å². The van der Waals surface area contributed by atoms with Crippen molar-refractivity contribution >= 4 is 28.5 Å². The molecule has 6 rings (SSSR count). The number of epoxide rings is 1. The van der Waals surface area contributed by atoms with Gasteiger partial charge in [-0.05, 0) is 72.8 Å². The van der Waals surface area contributed by atoms with Crippen molar-refractivity contribution in [2.75, 3.05) is 14.1 Å². The number of hydrogen-bond acceptors (Lipinski definition) is 10. The zero-order valence-corrected chi connectivity index (χ0v) is 26.6. The second-order valence-electron chi connectivity index (χ2n) is 12.9. The highest BCUT2D eigenvalue weighted by Crippen LogP contribution is 2.49. The van der Waals surface area contributed by atoms with Gasteiger partial charge in [-0.1, -0.05) is 18.2 Å². The third-order valence-corrected chi connectivity index (χ3v) is 9.74. The second kappa shape index (κ2) is 10.5. The van der Waals surface area contributed by atoms with Gasteiger partial charge in [0.05, 0.1) is 34.3 Å². The van der Waals surface area contributed by atoms with Gasteiger partial charge in [-0.3, -0.25) is 19.2 Å². The van der Waals surface area contributed by atoms with Crippen LogP contribution in [0.1, 0.15) is 95.9 Å². The average Bonchev–Trinajstić information content (AvgIpc) is 3.63. The fourth-order valence-corrected chi connectivity index (χ4v) is 6.95. The summed E-state index contributed by atoms with van der Waals surface area (Å²) in [5.41, 5.74) is -1.22. The lowest BCUT2D eigenvalue weighted by molar-refractivity contribution is -0.201. The number of ketones is 2. The van der Waals surface area contributed by atoms with Gasteiger partial charge in [0.25, 0.3) is 0 Å². The van der Waals surface area contributed by atoms with Crippen LogP contribution in [0.5, 0.6) is 5.75 Å². The molecule has 0 spiro atoms. The summed E-state index contributed by atoms with van der Waals surface area (Å²) in [6.45, 7) is 10.4. The SMILES string of the molecule is C/C=C/[C@@H]1O[C@@]1(C)c1cc(=O)c2c(C)cc3c(c2o1)C(=O)c1c(ccc([C@H]2C[C@](C)(N(C)C)[C@H](OC(C)=O)[C@@H](C)O2)c1O)C3=O. The fourth-order valence-electron chi connectivity index (χ4n) is 6.95. The van der Waals surface area contributed by atoms with Crippen LogP contribution < -0.4 is 5.43 Å². The Hall–Kier alpha value is -4.12. The number of carbonyl (C=O) groups excluding carboxylic acids is 3. The third-order valence-electron chi connectivity index (χ3n) is 9.74. The maximum absolute atomic E-state index is 14.3. The van der Waals surface area contributed by atoms with E-state index < -0.39 is 47.0 Å². The molecule has 0 unspecified atom stereocenters. The van der Waals surface area contributed by atoms with E-state index in [1.54, 1.807) is 26.8 Å². The van der Waals surface area contributed by atoms with Crippen LogP contribution in [0.15, 0.2) is 45.6 Å². The van der Waals surface area contributed by atoms with Crippen molar-refractivity contribution in [2.45, 2.75) is 83.5 Å². The molecule has 2 aliphatic heterocycles. The quantitative estimate of drug-likeness (QED) is 0.188. The van der Waals surface area contributed by atoms with Crippen LogP contribution in [0, 0.1) is 6.92 Å². The Morgan fingerprint density at radius 1 is 1.09 bits per heavy atom. The molecule has 0 bridgehead atoms. The van der Waals surface area contributed by atoms with Crippen molar-refractivity contribution < 1.29 is 38.1 Å². The molecule has 10 heteroatoms. The number of ether oxygens (including phenoxy) is 3. The summed E-state index contributed by atoms with van der Waals surface area (Å²) >= 11 is 0. The molecule has 1 N–H and O–H groups in total. The molecule has 10 nitrogen and oxygen atoms in total. The Balaban J connectivity index is 1.48. The molecular formula is C35H37NO9. The van der Waals surface area contributed by atoms with Crippen molar-refractivity contribution in [3.05, 3.63) is 85.8 Å². The highest BCUT2D eigenvalue weighted by atomic mass is 16.6. The first kappa shape index (κ1) is 30.9. The standard InChI is InChI=1S/C35H37NO9/c1-9-10-24-35(6,45-24)25-14-22(38)26-16(2)13-21-28(32(26)44-25)31(41)27-20(29(21)39)12-11-19(30(27)40)23-15-34(5,36(7)8)33(17(3)42-23)43-18(4)37/h9-14,17,23-24,33,40H,15H2,1-8H3/b10-9+/t17-,23-,24+,33-,34+,35-/m1/s1. The van der Waals surface area contributed by atoms with Gasteiger partial charge in [0, 0.05) is 29.7 Å². The van der Waals surface area contributed by atoms with Crippen molar-refractivity contribution in [1.29, 1.82) is 0 Å². The minimum Gasteiger partial charge on any atom is -0.507 e. The Bertz CT molecular complexity index is 1890. The molecule has 2 aromatic carbocycles. The van der Waals surface area contributed by atoms with Gasteiger partial charge in [-0.15, -0.1) is 0 Å². The van der Waals surface area contributed by atoms with E-state index in [-0.39, 0.29) is 56.3 Å². The molecule has 2 saturated heterocycles. The monoisotopic (exact) mass is 615 g/mol. The average molecular weight is 616 g/mol. The minimum absolute atomic E-state index is 0.01000. The second-order valence-corrected chi connectivity index (χ2v) is 12.9. The van der Waals surface area contributed by atoms with Crippen LogP contribution in [-0.2, 0) is 24.6 Å². The van der Waals surface area contributed by atoms with Gasteiger partial charge in [0.1, 0.15) is 29.3 Å². The van der Waals surface area contributed by atoms with Crippen LogP contribution in [0.2, 0.25) is 0 Å². The number of benzene rings is 2. The van der Waals surface area contributed by atoms with Crippen LogP contribution in [0.4, 0.5) is 0 Å². The van der Waals surface area contributed by atoms with Gasteiger partial charge in [0.2, 0.25) is 5.78 Å². The number of allylic oxidation sites excluding steroid dienone is 1. The number of phenolic OH excluding ortho intramolecular Hbond substituents is 1. The minimum atomic E-state index is -0.899. The molecule has 3 aliphatic rings. The molecule has 2 fully saturated rings. The first-order valence-electron chi connectivity index (χ1n) is 15.0. The maximum Gasteiger partial charge on any atom is 0.303 e. The molecule has 3 aromatic rings. The molecule has 0 amide bonds. The molecule has 3 heterocycles. The Kier molecular flexibility index (Phi) is 7.19. The molecule has 0 saturated carbocycles. The van der Waals surface area contributed by atoms with Gasteiger partial charge in [-0.2, -0.15) is 0 Å². The van der Waals surface area contributed by atoms with Gasteiger partial charge in [0.15, 0.2) is 16.8 Å². The zero-order valence-electron chi connectivity index (χ0n) is 26.6. The number of fused-ring (bicyclic) bond motifs is 4. The van der Waals surface area contributed by atoms with E-state index in [9.17, 15) is 24.3 Å². The Labute approximate surface area is 260 Å². The van der Waals surface area contributed by atoms with E-state index >= 15 is 0 Å². The Morgan fingerprint density at radius 3 is 2.44 bits per heavy atom. The maximum atomic E-state index is 14.3. The summed E-state index contributed by atoms with van der Waals surface area (Å²) in [4.78, 5) is 55.5. The lowest BCUT2D eigenvalue weighted by atomic mass is 9.77. The molecule has 1 aromatic heterocycles. The summed E-state index contributed by atoms with van der Waals surface area (Å²) in [5.74, 6) is -1.66. The molecule has 6 atom stereocenters.